The second-order valence-electron chi connectivity index (χ2n) is 6.41. The molecule has 0 radical (unpaired) electrons. The average Bonchev–Trinajstić information content (AvgIpc) is 2.57. The summed E-state index contributed by atoms with van der Waals surface area (Å²) in [6.45, 7) is 7.07. The summed E-state index contributed by atoms with van der Waals surface area (Å²) in [6, 6.07) is 10.6. The van der Waals surface area contributed by atoms with Gasteiger partial charge in [-0.1, -0.05) is 12.1 Å². The van der Waals surface area contributed by atoms with E-state index < -0.39 is 6.10 Å². The third kappa shape index (κ3) is 4.38. The number of benzene rings is 1. The molecule has 0 aliphatic carbocycles. The van der Waals surface area contributed by atoms with Gasteiger partial charge in [0, 0.05) is 45.5 Å². The molecule has 1 N–H and O–H groups in total. The van der Waals surface area contributed by atoms with Crippen molar-refractivity contribution in [2.45, 2.75) is 19.6 Å². The molecule has 0 saturated carbocycles. The average molecular weight is 329 g/mol. The molecule has 1 aromatic heterocycles. The molecule has 128 valence electrons. The number of nitrogens with zero attached hydrogens (tertiary/aromatic N) is 3. The molecule has 1 atom stereocenters. The number of β-amino-alcohol motifs (C(OH)–C–C–N with tert-alkyl or cyclic N) is 1. The summed E-state index contributed by atoms with van der Waals surface area (Å²) in [7, 11) is 0. The second-order valence-corrected chi connectivity index (χ2v) is 6.41. The molecule has 1 aliphatic heterocycles. The topological polar surface area (TPSA) is 39.6 Å². The third-order valence-corrected chi connectivity index (χ3v) is 4.60. The van der Waals surface area contributed by atoms with Gasteiger partial charge in [0.2, 0.25) is 0 Å². The lowest BCUT2D eigenvalue weighted by Crippen LogP contribution is -2.47. The Kier molecular flexibility index (Phi) is 5.56. The molecule has 24 heavy (non-hydrogen) atoms. The Bertz CT molecular complexity index is 657. The number of halogens is 1. The number of hydrogen-bond acceptors (Lipinski definition) is 4. The molecule has 5 heteroatoms. The minimum atomic E-state index is -0.576. The summed E-state index contributed by atoms with van der Waals surface area (Å²) in [5.41, 5.74) is 2.71. The molecule has 2 aromatic rings. The molecular weight excluding hydrogens is 305 g/mol. The van der Waals surface area contributed by atoms with Crippen LogP contribution in [0.5, 0.6) is 0 Å². The van der Waals surface area contributed by atoms with E-state index in [-0.39, 0.29) is 5.82 Å². The van der Waals surface area contributed by atoms with E-state index in [4.69, 9.17) is 0 Å². The fourth-order valence-corrected chi connectivity index (χ4v) is 3.21. The van der Waals surface area contributed by atoms with E-state index >= 15 is 0 Å². The van der Waals surface area contributed by atoms with Crippen molar-refractivity contribution in [1.82, 2.24) is 14.8 Å². The van der Waals surface area contributed by atoms with E-state index in [1.807, 2.05) is 31.3 Å². The van der Waals surface area contributed by atoms with Gasteiger partial charge in [0.15, 0.2) is 0 Å². The Labute approximate surface area is 142 Å². The van der Waals surface area contributed by atoms with Gasteiger partial charge in [0.1, 0.15) is 5.82 Å². The van der Waals surface area contributed by atoms with E-state index in [9.17, 15) is 9.50 Å². The van der Waals surface area contributed by atoms with Crippen LogP contribution in [0.1, 0.15) is 22.9 Å². The third-order valence-electron chi connectivity index (χ3n) is 4.60. The lowest BCUT2D eigenvalue weighted by atomic mass is 10.0. The number of aliphatic hydroxyl groups is 1. The quantitative estimate of drug-likeness (QED) is 0.914. The molecule has 1 saturated heterocycles. The maximum Gasteiger partial charge on any atom is 0.123 e. The molecule has 0 spiro atoms. The Morgan fingerprint density at radius 3 is 2.54 bits per heavy atom. The molecule has 0 bridgehead atoms. The monoisotopic (exact) mass is 329 g/mol. The van der Waals surface area contributed by atoms with Gasteiger partial charge >= 0.3 is 0 Å². The van der Waals surface area contributed by atoms with Gasteiger partial charge < -0.3 is 5.11 Å². The SMILES string of the molecule is Cc1cc(F)ccc1C(O)CN1CCN(Cc2ccccn2)CC1. The highest BCUT2D eigenvalue weighted by atomic mass is 19.1. The first kappa shape index (κ1) is 17.0. The van der Waals surface area contributed by atoms with Gasteiger partial charge in [0.25, 0.3) is 0 Å². The lowest BCUT2D eigenvalue weighted by molar-refractivity contribution is 0.0694. The summed E-state index contributed by atoms with van der Waals surface area (Å²) < 4.78 is 13.2. The standard InChI is InChI=1S/C19H24FN3O/c1-15-12-16(20)5-6-18(15)19(24)14-23-10-8-22(9-11-23)13-17-4-2-3-7-21-17/h2-7,12,19,24H,8-11,13-14H2,1H3. The number of pyridine rings is 1. The van der Waals surface area contributed by atoms with E-state index in [0.29, 0.717) is 6.54 Å². The predicted octanol–water partition coefficient (Wildman–Crippen LogP) is 2.38. The van der Waals surface area contributed by atoms with E-state index in [1.54, 1.807) is 6.07 Å². The van der Waals surface area contributed by atoms with Crippen molar-refractivity contribution >= 4 is 0 Å². The van der Waals surface area contributed by atoms with Crippen LogP contribution in [0.4, 0.5) is 4.39 Å². The molecule has 3 rings (SSSR count). The highest BCUT2D eigenvalue weighted by molar-refractivity contribution is 5.28. The Morgan fingerprint density at radius 2 is 1.88 bits per heavy atom. The Balaban J connectivity index is 1.50. The van der Waals surface area contributed by atoms with Crippen molar-refractivity contribution < 1.29 is 9.50 Å². The fraction of sp³-hybridized carbons (Fsp3) is 0.421. The minimum absolute atomic E-state index is 0.258. The zero-order chi connectivity index (χ0) is 16.9. The van der Waals surface area contributed by atoms with Gasteiger partial charge in [-0.3, -0.25) is 14.8 Å². The molecule has 1 aromatic carbocycles. The number of aryl methyl sites for hydroxylation is 1. The van der Waals surface area contributed by atoms with Crippen LogP contribution in [0.25, 0.3) is 0 Å². The number of aliphatic hydroxyl groups excluding tert-OH is 1. The highest BCUT2D eigenvalue weighted by Gasteiger charge is 2.21. The summed E-state index contributed by atoms with van der Waals surface area (Å²) in [5, 5.41) is 10.5. The van der Waals surface area contributed by atoms with Crippen LogP contribution >= 0.6 is 0 Å². The maximum atomic E-state index is 13.2. The summed E-state index contributed by atoms with van der Waals surface area (Å²) in [6.07, 6.45) is 1.25. The van der Waals surface area contributed by atoms with E-state index in [1.165, 1.54) is 12.1 Å². The van der Waals surface area contributed by atoms with Crippen LogP contribution in [0.3, 0.4) is 0 Å². The van der Waals surface area contributed by atoms with Crippen LogP contribution in [0, 0.1) is 12.7 Å². The van der Waals surface area contributed by atoms with Crippen molar-refractivity contribution in [3.05, 3.63) is 65.2 Å². The van der Waals surface area contributed by atoms with E-state index in [0.717, 1.165) is 49.5 Å². The highest BCUT2D eigenvalue weighted by Crippen LogP contribution is 2.20. The normalized spacial score (nSPS) is 17.8. The summed E-state index contributed by atoms with van der Waals surface area (Å²) in [5.74, 6) is -0.258. The molecule has 2 heterocycles. The Hall–Kier alpha value is -1.82. The molecular formula is C19H24FN3O. The number of rotatable bonds is 5. The van der Waals surface area contributed by atoms with Crippen molar-refractivity contribution in [1.29, 1.82) is 0 Å². The minimum Gasteiger partial charge on any atom is -0.387 e. The largest absolute Gasteiger partial charge is 0.387 e. The second kappa shape index (κ2) is 7.83. The summed E-state index contributed by atoms with van der Waals surface area (Å²) in [4.78, 5) is 9.02. The zero-order valence-corrected chi connectivity index (χ0v) is 14.0. The first-order valence-electron chi connectivity index (χ1n) is 8.40. The molecule has 1 aliphatic rings. The van der Waals surface area contributed by atoms with Crippen molar-refractivity contribution in [3.63, 3.8) is 0 Å². The first-order chi connectivity index (χ1) is 11.6. The van der Waals surface area contributed by atoms with Crippen LogP contribution in [-0.4, -0.2) is 52.6 Å². The van der Waals surface area contributed by atoms with Gasteiger partial charge in [-0.05, 0) is 42.3 Å². The van der Waals surface area contributed by atoms with Crippen LogP contribution < -0.4 is 0 Å². The van der Waals surface area contributed by atoms with E-state index in [2.05, 4.69) is 14.8 Å². The summed E-state index contributed by atoms with van der Waals surface area (Å²) >= 11 is 0. The van der Waals surface area contributed by atoms with Crippen molar-refractivity contribution in [2.75, 3.05) is 32.7 Å². The zero-order valence-electron chi connectivity index (χ0n) is 14.0. The molecule has 0 amide bonds. The van der Waals surface area contributed by atoms with Crippen molar-refractivity contribution in [3.8, 4) is 0 Å². The molecule has 1 fully saturated rings. The predicted molar refractivity (Wildman–Crippen MR) is 92.1 cm³/mol. The molecule has 1 unspecified atom stereocenters. The van der Waals surface area contributed by atoms with Gasteiger partial charge in [-0.25, -0.2) is 4.39 Å². The maximum absolute atomic E-state index is 13.2. The van der Waals surface area contributed by atoms with Gasteiger partial charge in [-0.2, -0.15) is 0 Å². The first-order valence-corrected chi connectivity index (χ1v) is 8.40. The van der Waals surface area contributed by atoms with Gasteiger partial charge in [-0.15, -0.1) is 0 Å². The van der Waals surface area contributed by atoms with Crippen LogP contribution in [0.15, 0.2) is 42.6 Å². The number of hydrogen-bond donors (Lipinski definition) is 1. The molecule has 4 nitrogen and oxygen atoms in total. The Morgan fingerprint density at radius 1 is 1.12 bits per heavy atom. The fourth-order valence-electron chi connectivity index (χ4n) is 3.21. The lowest BCUT2D eigenvalue weighted by Gasteiger charge is -2.35. The van der Waals surface area contributed by atoms with Crippen LogP contribution in [-0.2, 0) is 6.54 Å². The van der Waals surface area contributed by atoms with Gasteiger partial charge in [0.05, 0.1) is 11.8 Å². The number of piperazine rings is 1. The van der Waals surface area contributed by atoms with Crippen molar-refractivity contribution in [2.24, 2.45) is 0 Å². The number of aromatic nitrogens is 1. The van der Waals surface area contributed by atoms with Crippen LogP contribution in [0.2, 0.25) is 0 Å². The smallest absolute Gasteiger partial charge is 0.123 e.